The molecule has 0 N–H and O–H groups in total. The molecule has 1 heterocycles. The van der Waals surface area contributed by atoms with Gasteiger partial charge in [0.1, 0.15) is 5.78 Å². The van der Waals surface area contributed by atoms with Crippen LogP contribution < -0.4 is 0 Å². The first-order chi connectivity index (χ1) is 6.63. The molecule has 3 unspecified atom stereocenters. The second-order valence-electron chi connectivity index (χ2n) is 4.17. The van der Waals surface area contributed by atoms with Gasteiger partial charge in [0.15, 0.2) is 0 Å². The maximum absolute atomic E-state index is 11.3. The van der Waals surface area contributed by atoms with Crippen molar-refractivity contribution in [2.75, 3.05) is 5.88 Å². The molecule has 1 aliphatic rings. The van der Waals surface area contributed by atoms with E-state index in [2.05, 4.69) is 6.92 Å². The molecule has 0 aliphatic carbocycles. The minimum absolute atomic E-state index is 0.0998. The summed E-state index contributed by atoms with van der Waals surface area (Å²) in [6, 6.07) is 0. The first-order valence-corrected chi connectivity index (χ1v) is 5.88. The van der Waals surface area contributed by atoms with Crippen LogP contribution in [0.25, 0.3) is 0 Å². The lowest BCUT2D eigenvalue weighted by atomic mass is 9.94. The number of Topliss-reactive ketones (excluding diaryl/α,β-unsaturated/α-hetero) is 1. The Labute approximate surface area is 91.0 Å². The van der Waals surface area contributed by atoms with E-state index in [1.165, 1.54) is 0 Å². The van der Waals surface area contributed by atoms with E-state index in [0.717, 1.165) is 25.7 Å². The first-order valence-electron chi connectivity index (χ1n) is 5.35. The third-order valence-electron chi connectivity index (χ3n) is 2.90. The molecular weight excluding hydrogens is 200 g/mol. The molecule has 0 spiro atoms. The fraction of sp³-hybridized carbons (Fsp3) is 0.909. The van der Waals surface area contributed by atoms with Crippen molar-refractivity contribution >= 4 is 17.4 Å². The van der Waals surface area contributed by atoms with E-state index >= 15 is 0 Å². The van der Waals surface area contributed by atoms with Gasteiger partial charge >= 0.3 is 0 Å². The molecule has 0 aromatic heterocycles. The highest BCUT2D eigenvalue weighted by Gasteiger charge is 2.26. The highest BCUT2D eigenvalue weighted by Crippen LogP contribution is 2.26. The Balaban J connectivity index is 2.35. The van der Waals surface area contributed by atoms with Gasteiger partial charge in [-0.1, -0.05) is 0 Å². The Morgan fingerprint density at radius 1 is 1.57 bits per heavy atom. The number of alkyl halides is 1. The predicted octanol–water partition coefficient (Wildman–Crippen LogP) is 2.78. The number of ether oxygens (including phenoxy) is 1. The zero-order valence-corrected chi connectivity index (χ0v) is 9.72. The van der Waals surface area contributed by atoms with Gasteiger partial charge in [0, 0.05) is 11.8 Å². The molecule has 1 rings (SSSR count). The van der Waals surface area contributed by atoms with Gasteiger partial charge in [0.25, 0.3) is 0 Å². The van der Waals surface area contributed by atoms with E-state index in [4.69, 9.17) is 16.3 Å². The number of rotatable bonds is 5. The lowest BCUT2D eigenvalue weighted by Gasteiger charge is -2.17. The number of hydrogen-bond acceptors (Lipinski definition) is 2. The molecule has 0 aromatic rings. The maximum Gasteiger partial charge on any atom is 0.133 e. The minimum Gasteiger partial charge on any atom is -0.375 e. The van der Waals surface area contributed by atoms with Crippen molar-refractivity contribution in [2.45, 2.75) is 51.7 Å². The summed E-state index contributed by atoms with van der Waals surface area (Å²) in [7, 11) is 0. The van der Waals surface area contributed by atoms with Gasteiger partial charge in [-0.05, 0) is 39.5 Å². The first kappa shape index (κ1) is 12.0. The van der Waals surface area contributed by atoms with Crippen LogP contribution >= 0.6 is 11.6 Å². The van der Waals surface area contributed by atoms with Crippen molar-refractivity contribution in [3.05, 3.63) is 0 Å². The van der Waals surface area contributed by atoms with Crippen molar-refractivity contribution in [3.8, 4) is 0 Å². The molecule has 2 nitrogen and oxygen atoms in total. The van der Waals surface area contributed by atoms with Gasteiger partial charge < -0.3 is 4.74 Å². The van der Waals surface area contributed by atoms with Crippen LogP contribution in [0.3, 0.4) is 0 Å². The monoisotopic (exact) mass is 218 g/mol. The van der Waals surface area contributed by atoms with Crippen molar-refractivity contribution in [3.63, 3.8) is 0 Å². The molecule has 1 saturated heterocycles. The number of carbonyl (C=O) groups is 1. The van der Waals surface area contributed by atoms with Crippen LogP contribution in [-0.2, 0) is 9.53 Å². The smallest absolute Gasteiger partial charge is 0.133 e. The molecule has 3 heteroatoms. The predicted molar refractivity (Wildman–Crippen MR) is 57.7 cm³/mol. The average Bonchev–Trinajstić information content (AvgIpc) is 2.50. The van der Waals surface area contributed by atoms with Crippen molar-refractivity contribution in [1.29, 1.82) is 0 Å². The highest BCUT2D eigenvalue weighted by molar-refractivity contribution is 6.18. The third-order valence-corrected chi connectivity index (χ3v) is 3.12. The molecule has 82 valence electrons. The molecule has 0 radical (unpaired) electrons. The summed E-state index contributed by atoms with van der Waals surface area (Å²) in [6.07, 6.45) is 4.49. The zero-order valence-electron chi connectivity index (χ0n) is 8.96. The highest BCUT2D eigenvalue weighted by atomic mass is 35.5. The molecule has 1 fully saturated rings. The van der Waals surface area contributed by atoms with Crippen LogP contribution in [0.1, 0.15) is 39.5 Å². The number of ketones is 1. The molecule has 1 aliphatic heterocycles. The fourth-order valence-electron chi connectivity index (χ4n) is 1.99. The molecule has 0 bridgehead atoms. The van der Waals surface area contributed by atoms with Crippen LogP contribution in [0.2, 0.25) is 0 Å². The van der Waals surface area contributed by atoms with Crippen LogP contribution in [0.15, 0.2) is 0 Å². The summed E-state index contributed by atoms with van der Waals surface area (Å²) in [5.74, 6) is 0.906. The maximum atomic E-state index is 11.3. The zero-order chi connectivity index (χ0) is 10.6. The van der Waals surface area contributed by atoms with E-state index < -0.39 is 0 Å². The third kappa shape index (κ3) is 3.58. The van der Waals surface area contributed by atoms with Crippen LogP contribution in [0.5, 0.6) is 0 Å². The Kier molecular flexibility index (Phi) is 4.90. The topological polar surface area (TPSA) is 26.3 Å². The Morgan fingerprint density at radius 3 is 2.71 bits per heavy atom. The molecule has 3 atom stereocenters. The largest absolute Gasteiger partial charge is 0.375 e. The second-order valence-corrected chi connectivity index (χ2v) is 4.54. The minimum atomic E-state index is 0.0998. The van der Waals surface area contributed by atoms with Crippen LogP contribution in [0, 0.1) is 5.92 Å². The average molecular weight is 219 g/mol. The van der Waals surface area contributed by atoms with Gasteiger partial charge in [-0.2, -0.15) is 0 Å². The fourth-order valence-corrected chi connectivity index (χ4v) is 2.26. The van der Waals surface area contributed by atoms with Gasteiger partial charge in [-0.15, -0.1) is 11.6 Å². The lowest BCUT2D eigenvalue weighted by molar-refractivity contribution is -0.122. The standard InChI is InChI=1S/C11H19ClO2/c1-8-3-4-11(14-8)7-10(5-6-12)9(2)13/h8,10-11H,3-7H2,1-2H3. The number of hydrogen-bond donors (Lipinski definition) is 0. The summed E-state index contributed by atoms with van der Waals surface area (Å²) in [6.45, 7) is 3.74. The van der Waals surface area contributed by atoms with Crippen molar-refractivity contribution in [2.24, 2.45) is 5.92 Å². The van der Waals surface area contributed by atoms with E-state index in [1.807, 2.05) is 0 Å². The van der Waals surface area contributed by atoms with Crippen molar-refractivity contribution < 1.29 is 9.53 Å². The Morgan fingerprint density at radius 2 is 2.29 bits per heavy atom. The lowest BCUT2D eigenvalue weighted by Crippen LogP contribution is -2.20. The summed E-state index contributed by atoms with van der Waals surface area (Å²) in [5.41, 5.74) is 0. The van der Waals surface area contributed by atoms with Gasteiger partial charge in [0.05, 0.1) is 12.2 Å². The Bertz CT molecular complexity index is 194. The van der Waals surface area contributed by atoms with Crippen LogP contribution in [-0.4, -0.2) is 23.9 Å². The molecule has 0 saturated carbocycles. The van der Waals surface area contributed by atoms with Gasteiger partial charge in [-0.3, -0.25) is 4.79 Å². The van der Waals surface area contributed by atoms with Gasteiger partial charge in [-0.25, -0.2) is 0 Å². The number of halogens is 1. The van der Waals surface area contributed by atoms with Crippen LogP contribution in [0.4, 0.5) is 0 Å². The molecular formula is C11H19ClO2. The summed E-state index contributed by atoms with van der Waals surface area (Å²) in [5, 5.41) is 0. The molecule has 0 amide bonds. The normalized spacial score (nSPS) is 29.1. The van der Waals surface area contributed by atoms with E-state index in [-0.39, 0.29) is 17.8 Å². The quantitative estimate of drug-likeness (QED) is 0.664. The summed E-state index contributed by atoms with van der Waals surface area (Å²) in [4.78, 5) is 11.3. The Hall–Kier alpha value is -0.0800. The number of carbonyl (C=O) groups excluding carboxylic acids is 1. The van der Waals surface area contributed by atoms with Crippen molar-refractivity contribution in [1.82, 2.24) is 0 Å². The molecule has 0 aromatic carbocycles. The SMILES string of the molecule is CC(=O)C(CCCl)CC1CCC(C)O1. The summed E-state index contributed by atoms with van der Waals surface area (Å²) < 4.78 is 5.69. The molecule has 14 heavy (non-hydrogen) atoms. The van der Waals surface area contributed by atoms with E-state index in [1.54, 1.807) is 6.92 Å². The van der Waals surface area contributed by atoms with E-state index in [0.29, 0.717) is 12.0 Å². The van der Waals surface area contributed by atoms with Gasteiger partial charge in [0.2, 0.25) is 0 Å². The second kappa shape index (κ2) is 5.72. The summed E-state index contributed by atoms with van der Waals surface area (Å²) >= 11 is 5.66. The van der Waals surface area contributed by atoms with E-state index in [9.17, 15) is 4.79 Å².